The Morgan fingerprint density at radius 1 is 1.20 bits per heavy atom. The van der Waals surface area contributed by atoms with Crippen LogP contribution in [0.15, 0.2) is 29.1 Å². The van der Waals surface area contributed by atoms with E-state index < -0.39 is 11.2 Å². The zero-order valence-electron chi connectivity index (χ0n) is 17.7. The average Bonchev–Trinajstić information content (AvgIpc) is 2.64. The van der Waals surface area contributed by atoms with Crippen LogP contribution in [-0.2, 0) is 7.05 Å². The van der Waals surface area contributed by atoms with Crippen molar-refractivity contribution in [3.05, 3.63) is 40.1 Å². The number of phenolic OH excluding ortho intramolecular Hbond substituents is 2. The number of hydrogen-bond donors (Lipinski definition) is 3. The number of aromatic nitrogens is 1. The fraction of sp³-hybridized carbons (Fsp3) is 0.458. The molecule has 158 valence electrons. The predicted octanol–water partition coefficient (Wildman–Crippen LogP) is 3.91. The fourth-order valence-electron chi connectivity index (χ4n) is 5.78. The Labute approximate surface area is 174 Å². The van der Waals surface area contributed by atoms with Gasteiger partial charge in [-0.05, 0) is 52.2 Å². The van der Waals surface area contributed by atoms with Gasteiger partial charge in [0.1, 0.15) is 22.8 Å². The number of benzene rings is 2. The summed E-state index contributed by atoms with van der Waals surface area (Å²) in [6.45, 7) is 5.92. The second-order valence-corrected chi connectivity index (χ2v) is 9.75. The van der Waals surface area contributed by atoms with Crippen LogP contribution < -0.4 is 10.2 Å². The number of rotatable bonds is 0. The molecule has 5 rings (SSSR count). The average molecular weight is 409 g/mol. The third-order valence-corrected chi connectivity index (χ3v) is 7.24. The van der Waals surface area contributed by atoms with Gasteiger partial charge >= 0.3 is 0 Å². The van der Waals surface area contributed by atoms with E-state index in [0.29, 0.717) is 40.6 Å². The Morgan fingerprint density at radius 3 is 2.67 bits per heavy atom. The van der Waals surface area contributed by atoms with E-state index >= 15 is 0 Å². The first kappa shape index (κ1) is 19.2. The minimum Gasteiger partial charge on any atom is -0.507 e. The summed E-state index contributed by atoms with van der Waals surface area (Å²) in [6, 6.07) is 6.61. The van der Waals surface area contributed by atoms with E-state index in [2.05, 4.69) is 0 Å². The largest absolute Gasteiger partial charge is 0.507 e. The molecular formula is C24H27NO5. The van der Waals surface area contributed by atoms with Crippen molar-refractivity contribution in [1.29, 1.82) is 0 Å². The maximum Gasteiger partial charge on any atom is 0.201 e. The van der Waals surface area contributed by atoms with Gasteiger partial charge < -0.3 is 24.6 Å². The molecule has 0 saturated heterocycles. The van der Waals surface area contributed by atoms with Gasteiger partial charge in [-0.25, -0.2) is 0 Å². The van der Waals surface area contributed by atoms with Gasteiger partial charge in [0.15, 0.2) is 0 Å². The number of hydrogen-bond acceptors (Lipinski definition) is 5. The number of aliphatic hydroxyl groups is 1. The first-order chi connectivity index (χ1) is 14.0. The summed E-state index contributed by atoms with van der Waals surface area (Å²) in [5.74, 6) is 0.490. The van der Waals surface area contributed by atoms with Crippen molar-refractivity contribution in [3.8, 4) is 17.2 Å². The van der Waals surface area contributed by atoms with Gasteiger partial charge in [0.25, 0.3) is 0 Å². The van der Waals surface area contributed by atoms with Crippen molar-refractivity contribution in [2.75, 3.05) is 0 Å². The molecule has 3 atom stereocenters. The molecule has 3 aromatic rings. The van der Waals surface area contributed by atoms with E-state index in [4.69, 9.17) is 4.74 Å². The lowest BCUT2D eigenvalue weighted by Gasteiger charge is -2.50. The molecule has 1 saturated carbocycles. The second-order valence-electron chi connectivity index (χ2n) is 9.75. The number of nitrogens with zero attached hydrogens (tertiary/aromatic N) is 1. The highest BCUT2D eigenvalue weighted by molar-refractivity contribution is 6.00. The summed E-state index contributed by atoms with van der Waals surface area (Å²) in [5, 5.41) is 33.1. The van der Waals surface area contributed by atoms with E-state index in [0.717, 1.165) is 6.42 Å². The summed E-state index contributed by atoms with van der Waals surface area (Å²) in [5.41, 5.74) is -0.0777. The zero-order chi connectivity index (χ0) is 21.6. The quantitative estimate of drug-likeness (QED) is 0.490. The van der Waals surface area contributed by atoms with E-state index in [1.807, 2.05) is 20.8 Å². The topological polar surface area (TPSA) is 91.9 Å². The third kappa shape index (κ3) is 2.49. The maximum atomic E-state index is 13.3. The zero-order valence-corrected chi connectivity index (χ0v) is 17.7. The number of ether oxygens (including phenoxy) is 1. The van der Waals surface area contributed by atoms with Crippen molar-refractivity contribution in [3.63, 3.8) is 0 Å². The summed E-state index contributed by atoms with van der Waals surface area (Å²) in [7, 11) is 1.76. The minimum atomic E-state index is -0.826. The Bertz CT molecular complexity index is 1270. The summed E-state index contributed by atoms with van der Waals surface area (Å²) in [6.07, 6.45) is 1.96. The first-order valence-electron chi connectivity index (χ1n) is 10.4. The van der Waals surface area contributed by atoms with Crippen LogP contribution in [0.1, 0.15) is 51.5 Å². The van der Waals surface area contributed by atoms with Crippen molar-refractivity contribution >= 4 is 21.8 Å². The van der Waals surface area contributed by atoms with E-state index in [9.17, 15) is 20.1 Å². The molecule has 3 N–H and O–H groups in total. The highest BCUT2D eigenvalue weighted by Crippen LogP contribution is 2.57. The van der Waals surface area contributed by atoms with E-state index in [-0.39, 0.29) is 34.1 Å². The summed E-state index contributed by atoms with van der Waals surface area (Å²) >= 11 is 0. The van der Waals surface area contributed by atoms with Crippen LogP contribution in [0.3, 0.4) is 0 Å². The summed E-state index contributed by atoms with van der Waals surface area (Å²) < 4.78 is 8.09. The highest BCUT2D eigenvalue weighted by atomic mass is 16.5. The maximum absolute atomic E-state index is 13.3. The van der Waals surface area contributed by atoms with Crippen LogP contribution in [-0.4, -0.2) is 31.1 Å². The predicted molar refractivity (Wildman–Crippen MR) is 115 cm³/mol. The normalized spacial score (nSPS) is 27.5. The Hall–Kier alpha value is -2.73. The van der Waals surface area contributed by atoms with Crippen LogP contribution in [0, 0.1) is 5.92 Å². The standard InChI is InChI=1S/C24H27NO5/c1-23(2)14-8-9-24(3,29)11-13(14)18-17(30-23)10-15-19(22(18)28)21(27)12-6-5-7-16(26)20(12)25(15)4/h5-7,10,13-14,26,28-29H,8-9,11H2,1-4H3/t13-,14+,24-/m1/s1. The minimum absolute atomic E-state index is 0.0100. The molecular weight excluding hydrogens is 382 g/mol. The van der Waals surface area contributed by atoms with Crippen LogP contribution in [0.2, 0.25) is 0 Å². The molecule has 0 bridgehead atoms. The van der Waals surface area contributed by atoms with Crippen molar-refractivity contribution in [2.24, 2.45) is 13.0 Å². The first-order valence-corrected chi connectivity index (χ1v) is 10.4. The molecule has 30 heavy (non-hydrogen) atoms. The molecule has 0 amide bonds. The Balaban J connectivity index is 1.89. The van der Waals surface area contributed by atoms with Crippen molar-refractivity contribution in [1.82, 2.24) is 4.57 Å². The lowest BCUT2D eigenvalue weighted by Crippen LogP contribution is -2.49. The number of aryl methyl sites for hydroxylation is 1. The second kappa shape index (κ2) is 5.91. The van der Waals surface area contributed by atoms with Gasteiger partial charge in [-0.3, -0.25) is 4.79 Å². The molecule has 0 spiro atoms. The number of para-hydroxylation sites is 1. The van der Waals surface area contributed by atoms with Crippen LogP contribution in [0.5, 0.6) is 17.2 Å². The van der Waals surface area contributed by atoms with Gasteiger partial charge in [-0.1, -0.05) is 6.07 Å². The van der Waals surface area contributed by atoms with Gasteiger partial charge in [0, 0.05) is 30.5 Å². The molecule has 2 aromatic carbocycles. The van der Waals surface area contributed by atoms with Crippen LogP contribution in [0.4, 0.5) is 0 Å². The Morgan fingerprint density at radius 2 is 1.93 bits per heavy atom. The monoisotopic (exact) mass is 409 g/mol. The number of fused-ring (bicyclic) bond motifs is 5. The molecule has 0 unspecified atom stereocenters. The highest BCUT2D eigenvalue weighted by Gasteiger charge is 2.50. The van der Waals surface area contributed by atoms with Gasteiger partial charge in [-0.15, -0.1) is 0 Å². The molecule has 6 heteroatoms. The molecule has 2 aliphatic rings. The summed E-state index contributed by atoms with van der Waals surface area (Å²) in [4.78, 5) is 13.3. The molecule has 6 nitrogen and oxygen atoms in total. The van der Waals surface area contributed by atoms with E-state index in [1.54, 1.807) is 35.9 Å². The molecule has 1 aromatic heterocycles. The van der Waals surface area contributed by atoms with Crippen LogP contribution in [0.25, 0.3) is 21.8 Å². The number of pyridine rings is 1. The number of aromatic hydroxyl groups is 2. The fourth-order valence-corrected chi connectivity index (χ4v) is 5.78. The van der Waals surface area contributed by atoms with Crippen LogP contribution >= 0.6 is 0 Å². The molecule has 1 aliphatic heterocycles. The molecule has 2 heterocycles. The van der Waals surface area contributed by atoms with Crippen molar-refractivity contribution < 1.29 is 20.1 Å². The third-order valence-electron chi connectivity index (χ3n) is 7.24. The van der Waals surface area contributed by atoms with Gasteiger partial charge in [0.05, 0.1) is 27.4 Å². The molecule has 1 fully saturated rings. The van der Waals surface area contributed by atoms with E-state index in [1.165, 1.54) is 0 Å². The Kier molecular flexibility index (Phi) is 3.79. The lowest BCUT2D eigenvalue weighted by atomic mass is 9.63. The van der Waals surface area contributed by atoms with Gasteiger partial charge in [0.2, 0.25) is 5.43 Å². The number of phenols is 2. The SMILES string of the molecule is Cn1c2cc3c(c(O)c2c(=O)c2cccc(O)c21)[C@@H]1C[C@](C)(O)CC[C@@H]1C(C)(C)O3. The molecule has 0 radical (unpaired) electrons. The van der Waals surface area contributed by atoms with Crippen molar-refractivity contribution in [2.45, 2.75) is 57.2 Å². The van der Waals surface area contributed by atoms with Gasteiger partial charge in [-0.2, -0.15) is 0 Å². The molecule has 1 aliphatic carbocycles. The smallest absolute Gasteiger partial charge is 0.201 e. The lowest BCUT2D eigenvalue weighted by molar-refractivity contribution is -0.0658.